The largest absolute Gasteiger partial charge is 0.363 e. The highest BCUT2D eigenvalue weighted by atomic mass is 32.1. The van der Waals surface area contributed by atoms with Crippen LogP contribution in [0.4, 0.5) is 10.8 Å². The summed E-state index contributed by atoms with van der Waals surface area (Å²) in [5, 5.41) is 14.7. The van der Waals surface area contributed by atoms with Crippen molar-refractivity contribution in [2.75, 3.05) is 16.8 Å². The Balaban J connectivity index is 1.25. The number of anilines is 2. The molecular weight excluding hydrogens is 406 g/mol. The van der Waals surface area contributed by atoms with E-state index in [-0.39, 0.29) is 17.9 Å². The molecule has 0 bridgehead atoms. The van der Waals surface area contributed by atoms with Crippen molar-refractivity contribution in [2.45, 2.75) is 38.3 Å². The van der Waals surface area contributed by atoms with Crippen LogP contribution in [0.3, 0.4) is 0 Å². The van der Waals surface area contributed by atoms with Gasteiger partial charge in [0, 0.05) is 36.3 Å². The fourth-order valence-corrected chi connectivity index (χ4v) is 5.46. The minimum Gasteiger partial charge on any atom is -0.363 e. The van der Waals surface area contributed by atoms with Crippen molar-refractivity contribution in [3.8, 4) is 6.07 Å². The molecule has 2 fully saturated rings. The van der Waals surface area contributed by atoms with E-state index < -0.39 is 0 Å². The summed E-state index contributed by atoms with van der Waals surface area (Å²) < 4.78 is 2.00. The van der Waals surface area contributed by atoms with Crippen LogP contribution in [0.25, 0.3) is 0 Å². The van der Waals surface area contributed by atoms with Gasteiger partial charge in [-0.3, -0.25) is 10.1 Å². The lowest BCUT2D eigenvalue weighted by atomic mass is 9.76. The van der Waals surface area contributed by atoms with E-state index in [1.54, 1.807) is 0 Å². The van der Waals surface area contributed by atoms with Gasteiger partial charge in [0.05, 0.1) is 17.8 Å². The third-order valence-corrected chi connectivity index (χ3v) is 7.14. The highest BCUT2D eigenvalue weighted by Gasteiger charge is 2.30. The first kappa shape index (κ1) is 19.8. The maximum absolute atomic E-state index is 12.9. The quantitative estimate of drug-likeness (QED) is 0.590. The molecule has 1 aliphatic heterocycles. The molecule has 3 heterocycles. The maximum Gasteiger partial charge on any atom is 0.274 e. The second-order valence-electron chi connectivity index (χ2n) is 8.43. The molecule has 2 aromatic heterocycles. The molecule has 5 rings (SSSR count). The van der Waals surface area contributed by atoms with Crippen LogP contribution >= 0.6 is 11.3 Å². The standard InChI is InChI=1S/C24H25N5OS/c25-14-17-12-18(13-17)15-28-10-4-9-22(28)23(30)27-24-26-20(16-31-24)21-8-5-11-29(21)19-6-2-1-3-7-19/h1-4,6-7,9-10,16-18,21H,5,8,11-13,15H2,(H,26,27,30)/t17?,18?,21-/m1/s1. The molecule has 1 N–H and O–H groups in total. The molecule has 1 atom stereocenters. The monoisotopic (exact) mass is 431 g/mol. The summed E-state index contributed by atoms with van der Waals surface area (Å²) in [5.41, 5.74) is 2.88. The molecule has 0 radical (unpaired) electrons. The van der Waals surface area contributed by atoms with Crippen LogP contribution in [-0.2, 0) is 6.54 Å². The van der Waals surface area contributed by atoms with Crippen LogP contribution in [-0.4, -0.2) is 22.0 Å². The summed E-state index contributed by atoms with van der Waals surface area (Å²) in [6, 6.07) is 16.8. The molecule has 1 aliphatic carbocycles. The highest BCUT2D eigenvalue weighted by Crippen LogP contribution is 2.37. The fraction of sp³-hybridized carbons (Fsp3) is 0.375. The average molecular weight is 432 g/mol. The number of para-hydroxylation sites is 1. The van der Waals surface area contributed by atoms with Crippen molar-refractivity contribution >= 4 is 28.1 Å². The average Bonchev–Trinajstić information content (AvgIpc) is 3.51. The number of aromatic nitrogens is 2. The summed E-state index contributed by atoms with van der Waals surface area (Å²) >= 11 is 1.48. The number of nitrogens with zero attached hydrogens (tertiary/aromatic N) is 4. The Morgan fingerprint density at radius 1 is 1.23 bits per heavy atom. The number of benzene rings is 1. The third kappa shape index (κ3) is 4.08. The number of hydrogen-bond donors (Lipinski definition) is 1. The van der Waals surface area contributed by atoms with Crippen molar-refractivity contribution in [1.82, 2.24) is 9.55 Å². The smallest absolute Gasteiger partial charge is 0.274 e. The predicted octanol–water partition coefficient (Wildman–Crippen LogP) is 5.09. The first-order chi connectivity index (χ1) is 15.2. The molecule has 0 unspecified atom stereocenters. The number of rotatable bonds is 6. The van der Waals surface area contributed by atoms with Crippen molar-refractivity contribution in [3.05, 3.63) is 65.4 Å². The first-order valence-electron chi connectivity index (χ1n) is 10.8. The van der Waals surface area contributed by atoms with Crippen molar-refractivity contribution < 1.29 is 4.79 Å². The van der Waals surface area contributed by atoms with Gasteiger partial charge in [0.25, 0.3) is 5.91 Å². The molecule has 1 amide bonds. The molecular formula is C24H25N5OS. The van der Waals surface area contributed by atoms with E-state index >= 15 is 0 Å². The lowest BCUT2D eigenvalue weighted by Crippen LogP contribution is -2.28. The molecule has 1 saturated heterocycles. The van der Waals surface area contributed by atoms with Gasteiger partial charge in [0.2, 0.25) is 0 Å². The van der Waals surface area contributed by atoms with Crippen molar-refractivity contribution in [3.63, 3.8) is 0 Å². The minimum atomic E-state index is -0.131. The van der Waals surface area contributed by atoms with Gasteiger partial charge in [-0.25, -0.2) is 4.98 Å². The SMILES string of the molecule is N#CC1CC(Cn2cccc2C(=O)Nc2nc([C@H]3CCCN3c3ccccc3)cs2)C1. The van der Waals surface area contributed by atoms with E-state index in [9.17, 15) is 4.79 Å². The molecule has 7 heteroatoms. The molecule has 1 saturated carbocycles. The Hall–Kier alpha value is -3.11. The Morgan fingerprint density at radius 3 is 2.87 bits per heavy atom. The van der Waals surface area contributed by atoms with Crippen LogP contribution in [0.2, 0.25) is 0 Å². The fourth-order valence-electron chi connectivity index (χ4n) is 4.71. The van der Waals surface area contributed by atoms with E-state index in [4.69, 9.17) is 10.2 Å². The zero-order valence-electron chi connectivity index (χ0n) is 17.3. The summed E-state index contributed by atoms with van der Waals surface area (Å²) in [5.74, 6) is 0.521. The predicted molar refractivity (Wildman–Crippen MR) is 122 cm³/mol. The number of carbonyl (C=O) groups is 1. The summed E-state index contributed by atoms with van der Waals surface area (Å²) in [4.78, 5) is 20.1. The first-order valence-corrected chi connectivity index (χ1v) is 11.7. The van der Waals surface area contributed by atoms with E-state index in [1.807, 2.05) is 29.0 Å². The molecule has 2 aliphatic rings. The van der Waals surface area contributed by atoms with Gasteiger partial charge in [-0.1, -0.05) is 18.2 Å². The summed E-state index contributed by atoms with van der Waals surface area (Å²) in [7, 11) is 0. The minimum absolute atomic E-state index is 0.131. The molecule has 0 spiro atoms. The second-order valence-corrected chi connectivity index (χ2v) is 9.29. The number of nitrogens with one attached hydrogen (secondary N) is 1. The lowest BCUT2D eigenvalue weighted by molar-refractivity contribution is 0.101. The number of nitriles is 1. The zero-order chi connectivity index (χ0) is 21.2. The van der Waals surface area contributed by atoms with Gasteiger partial charge in [0.1, 0.15) is 5.69 Å². The Bertz CT molecular complexity index is 1090. The van der Waals surface area contributed by atoms with Gasteiger partial charge in [-0.05, 0) is 55.9 Å². The van der Waals surface area contributed by atoms with Crippen LogP contribution < -0.4 is 10.2 Å². The Kier molecular flexibility index (Phi) is 5.47. The van der Waals surface area contributed by atoms with Crippen LogP contribution in [0, 0.1) is 23.2 Å². The maximum atomic E-state index is 12.9. The van der Waals surface area contributed by atoms with Crippen LogP contribution in [0.15, 0.2) is 54.0 Å². The Labute approximate surface area is 186 Å². The highest BCUT2D eigenvalue weighted by molar-refractivity contribution is 7.14. The van der Waals surface area contributed by atoms with E-state index in [2.05, 4.69) is 45.9 Å². The number of carbonyl (C=O) groups excluding carboxylic acids is 1. The lowest BCUT2D eigenvalue weighted by Gasteiger charge is -2.31. The molecule has 31 heavy (non-hydrogen) atoms. The number of thiazole rings is 1. The van der Waals surface area contributed by atoms with E-state index in [1.165, 1.54) is 17.0 Å². The number of amides is 1. The summed E-state index contributed by atoms with van der Waals surface area (Å²) in [6.45, 7) is 1.81. The second kappa shape index (κ2) is 8.56. The van der Waals surface area contributed by atoms with Gasteiger partial charge < -0.3 is 9.47 Å². The van der Waals surface area contributed by atoms with E-state index in [0.29, 0.717) is 16.7 Å². The van der Waals surface area contributed by atoms with Crippen molar-refractivity contribution in [2.24, 2.45) is 11.8 Å². The third-order valence-electron chi connectivity index (χ3n) is 6.36. The van der Waals surface area contributed by atoms with Crippen LogP contribution in [0.1, 0.15) is 47.9 Å². The van der Waals surface area contributed by atoms with Crippen LogP contribution in [0.5, 0.6) is 0 Å². The zero-order valence-corrected chi connectivity index (χ0v) is 18.1. The number of hydrogen-bond acceptors (Lipinski definition) is 5. The van der Waals surface area contributed by atoms with Gasteiger partial charge >= 0.3 is 0 Å². The summed E-state index contributed by atoms with van der Waals surface area (Å²) in [6.07, 6.45) is 5.99. The molecule has 1 aromatic carbocycles. The van der Waals surface area contributed by atoms with Crippen molar-refractivity contribution in [1.29, 1.82) is 5.26 Å². The topological polar surface area (TPSA) is 74.0 Å². The van der Waals surface area contributed by atoms with Gasteiger partial charge in [0.15, 0.2) is 5.13 Å². The molecule has 158 valence electrons. The Morgan fingerprint density at radius 2 is 2.06 bits per heavy atom. The normalized spacial score (nSPS) is 22.7. The van der Waals surface area contributed by atoms with Gasteiger partial charge in [-0.15, -0.1) is 11.3 Å². The van der Waals surface area contributed by atoms with E-state index in [0.717, 1.165) is 44.5 Å². The molecule has 3 aromatic rings. The van der Waals surface area contributed by atoms with Gasteiger partial charge in [-0.2, -0.15) is 5.26 Å². The molecule has 6 nitrogen and oxygen atoms in total.